The summed E-state index contributed by atoms with van der Waals surface area (Å²) in [5.74, 6) is -4.95. The summed E-state index contributed by atoms with van der Waals surface area (Å²) in [5, 5.41) is 28.4. The van der Waals surface area contributed by atoms with Gasteiger partial charge in [-0.3, -0.25) is 24.0 Å². The number of rotatable bonds is 17. The molecule has 0 fully saturated rings. The molecule has 0 saturated carbocycles. The summed E-state index contributed by atoms with van der Waals surface area (Å²) in [6, 6.07) is 1.31. The minimum absolute atomic E-state index is 0.0247. The Morgan fingerprint density at radius 2 is 1.50 bits per heavy atom. The first-order valence-corrected chi connectivity index (χ1v) is 13.9. The molecule has 1 rings (SSSR count). The lowest BCUT2D eigenvalue weighted by Gasteiger charge is -2.23. The Morgan fingerprint density at radius 3 is 2.02 bits per heavy atom. The molecule has 0 bridgehead atoms. The number of benzene rings is 1. The third kappa shape index (κ3) is 12.3. The van der Waals surface area contributed by atoms with E-state index in [0.717, 1.165) is 0 Å². The molecule has 0 saturated heterocycles. The summed E-state index contributed by atoms with van der Waals surface area (Å²) in [5.41, 5.74) is 11.6. The van der Waals surface area contributed by atoms with Crippen molar-refractivity contribution in [2.75, 3.05) is 18.6 Å². The Balaban J connectivity index is 2.91. The first-order chi connectivity index (χ1) is 18.7. The summed E-state index contributed by atoms with van der Waals surface area (Å²) in [6.07, 6.45) is 1.33. The number of thioether (sulfide) groups is 1. The van der Waals surface area contributed by atoms with Crippen LogP contribution in [0.15, 0.2) is 24.3 Å². The van der Waals surface area contributed by atoms with Crippen LogP contribution in [0.5, 0.6) is 5.75 Å². The van der Waals surface area contributed by atoms with E-state index in [4.69, 9.17) is 11.5 Å². The Labute approximate surface area is 236 Å². The van der Waals surface area contributed by atoms with Crippen LogP contribution in [0.25, 0.3) is 0 Å². The van der Waals surface area contributed by atoms with E-state index in [-0.39, 0.29) is 24.5 Å². The molecule has 0 aliphatic rings. The van der Waals surface area contributed by atoms with E-state index >= 15 is 0 Å². The number of aliphatic carboxylic acids is 1. The van der Waals surface area contributed by atoms with Crippen LogP contribution in [0.2, 0.25) is 0 Å². The smallest absolute Gasteiger partial charge is 0.326 e. The van der Waals surface area contributed by atoms with Crippen LogP contribution in [-0.2, 0) is 35.2 Å². The molecule has 222 valence electrons. The Morgan fingerprint density at radius 1 is 0.900 bits per heavy atom. The molecule has 0 aliphatic carbocycles. The van der Waals surface area contributed by atoms with Gasteiger partial charge < -0.3 is 42.9 Å². The third-order valence-electron chi connectivity index (χ3n) is 5.74. The van der Waals surface area contributed by atoms with Crippen LogP contribution in [0.4, 0.5) is 0 Å². The third-order valence-corrected chi connectivity index (χ3v) is 6.38. The van der Waals surface area contributed by atoms with Crippen molar-refractivity contribution in [1.82, 2.24) is 21.3 Å². The average Bonchev–Trinajstić information content (AvgIpc) is 2.88. The maximum atomic E-state index is 13.0. The molecule has 0 aromatic heterocycles. The van der Waals surface area contributed by atoms with Crippen molar-refractivity contribution in [2.45, 2.75) is 57.3 Å². The fraction of sp³-hybridized carbons (Fsp3) is 0.520. The molecule has 0 heterocycles. The van der Waals surface area contributed by atoms with Gasteiger partial charge in [-0.1, -0.05) is 26.0 Å². The number of carboxylic acids is 1. The molecular formula is C25H38N6O8S. The standard InChI is InChI=1S/C25H38N6O8S/c1-13(2)21(27)24(37)30-17(10-14-4-6-15(32)7-5-14)22(35)28-12-20(34)29-16(8-9-40-3)23(36)31-18(25(38)39)11-19(26)33/h4-7,13,16-18,21,32H,8-12,27H2,1-3H3,(H2,26,33)(H,28,35)(H,29,34)(H,30,37)(H,31,36)(H,38,39)/t16-,17-,18-,21-/m0/s1. The second-order valence-corrected chi connectivity index (χ2v) is 10.4. The van der Waals surface area contributed by atoms with Gasteiger partial charge in [-0.25, -0.2) is 4.79 Å². The molecule has 1 aromatic carbocycles. The van der Waals surface area contributed by atoms with Crippen LogP contribution < -0.4 is 32.7 Å². The number of carbonyl (C=O) groups excluding carboxylic acids is 5. The van der Waals surface area contributed by atoms with Crippen LogP contribution in [0.3, 0.4) is 0 Å². The number of nitrogens with one attached hydrogen (secondary N) is 4. The lowest BCUT2D eigenvalue weighted by atomic mass is 10.0. The van der Waals surface area contributed by atoms with Crippen molar-refractivity contribution in [3.63, 3.8) is 0 Å². The highest BCUT2D eigenvalue weighted by molar-refractivity contribution is 7.98. The highest BCUT2D eigenvalue weighted by Crippen LogP contribution is 2.12. The number of carbonyl (C=O) groups is 6. The largest absolute Gasteiger partial charge is 0.508 e. The first kappa shape index (κ1) is 34.2. The molecule has 15 heteroatoms. The van der Waals surface area contributed by atoms with E-state index in [9.17, 15) is 39.0 Å². The molecule has 0 spiro atoms. The predicted molar refractivity (Wildman–Crippen MR) is 148 cm³/mol. The molecule has 0 aliphatic heterocycles. The van der Waals surface area contributed by atoms with Crippen molar-refractivity contribution in [3.05, 3.63) is 29.8 Å². The quantitative estimate of drug-likeness (QED) is 0.102. The van der Waals surface area contributed by atoms with Gasteiger partial charge in [0, 0.05) is 6.42 Å². The van der Waals surface area contributed by atoms with Crippen LogP contribution >= 0.6 is 11.8 Å². The topological polar surface area (TPSA) is 243 Å². The number of phenolic OH excluding ortho intramolecular Hbond substituents is 1. The van der Waals surface area contributed by atoms with Crippen molar-refractivity contribution < 1.29 is 39.0 Å². The molecule has 0 unspecified atom stereocenters. The van der Waals surface area contributed by atoms with Crippen molar-refractivity contribution >= 4 is 47.3 Å². The molecule has 1 aromatic rings. The second-order valence-electron chi connectivity index (χ2n) is 9.39. The van der Waals surface area contributed by atoms with Gasteiger partial charge in [0.15, 0.2) is 0 Å². The number of amides is 5. The number of phenols is 1. The number of primary amides is 1. The minimum atomic E-state index is -1.57. The fourth-order valence-electron chi connectivity index (χ4n) is 3.36. The molecule has 4 atom stereocenters. The van der Waals surface area contributed by atoms with Crippen molar-refractivity contribution in [3.8, 4) is 5.75 Å². The number of hydrogen-bond donors (Lipinski definition) is 8. The Hall–Kier alpha value is -3.85. The summed E-state index contributed by atoms with van der Waals surface area (Å²) >= 11 is 1.39. The number of carboxylic acid groups (broad SMARTS) is 1. The molecule has 0 radical (unpaired) electrons. The molecule has 10 N–H and O–H groups in total. The first-order valence-electron chi connectivity index (χ1n) is 12.5. The molecular weight excluding hydrogens is 544 g/mol. The zero-order chi connectivity index (χ0) is 30.4. The van der Waals surface area contributed by atoms with Gasteiger partial charge >= 0.3 is 5.97 Å². The predicted octanol–water partition coefficient (Wildman–Crippen LogP) is -1.80. The highest BCUT2D eigenvalue weighted by Gasteiger charge is 2.29. The Kier molecular flexibility index (Phi) is 14.5. The van der Waals surface area contributed by atoms with E-state index < -0.39 is 72.6 Å². The SMILES string of the molecule is CSCC[C@H](NC(=O)CNC(=O)[C@H](Cc1ccc(O)cc1)NC(=O)[C@@H](N)C(C)C)C(=O)N[C@@H](CC(N)=O)C(=O)O. The molecule has 40 heavy (non-hydrogen) atoms. The molecule has 14 nitrogen and oxygen atoms in total. The van der Waals surface area contributed by atoms with E-state index in [0.29, 0.717) is 11.3 Å². The van der Waals surface area contributed by atoms with Gasteiger partial charge in [0.1, 0.15) is 23.9 Å². The zero-order valence-electron chi connectivity index (χ0n) is 22.6. The van der Waals surface area contributed by atoms with Gasteiger partial charge in [0.05, 0.1) is 19.0 Å². The summed E-state index contributed by atoms with van der Waals surface area (Å²) < 4.78 is 0. The lowest BCUT2D eigenvalue weighted by Crippen LogP contribution is -2.56. The summed E-state index contributed by atoms with van der Waals surface area (Å²) in [6.45, 7) is 2.95. The van der Waals surface area contributed by atoms with Gasteiger partial charge in [0.2, 0.25) is 29.5 Å². The summed E-state index contributed by atoms with van der Waals surface area (Å²) in [4.78, 5) is 73.3. The fourth-order valence-corrected chi connectivity index (χ4v) is 3.83. The second kappa shape index (κ2) is 17.0. The zero-order valence-corrected chi connectivity index (χ0v) is 23.5. The Bertz CT molecular complexity index is 1050. The highest BCUT2D eigenvalue weighted by atomic mass is 32.2. The monoisotopic (exact) mass is 582 g/mol. The maximum absolute atomic E-state index is 13.0. The van der Waals surface area contributed by atoms with E-state index in [1.54, 1.807) is 32.2 Å². The summed E-state index contributed by atoms with van der Waals surface area (Å²) in [7, 11) is 0. The van der Waals surface area contributed by atoms with E-state index in [1.165, 1.54) is 23.9 Å². The van der Waals surface area contributed by atoms with Crippen LogP contribution in [0, 0.1) is 5.92 Å². The number of hydrogen-bond acceptors (Lipinski definition) is 9. The van der Waals surface area contributed by atoms with E-state index in [1.807, 2.05) is 0 Å². The van der Waals surface area contributed by atoms with Crippen molar-refractivity contribution in [1.29, 1.82) is 0 Å². The lowest BCUT2D eigenvalue weighted by molar-refractivity contribution is -0.143. The maximum Gasteiger partial charge on any atom is 0.326 e. The number of nitrogens with two attached hydrogens (primary N) is 2. The minimum Gasteiger partial charge on any atom is -0.508 e. The molecule has 5 amide bonds. The van der Waals surface area contributed by atoms with Crippen LogP contribution in [-0.4, -0.2) is 88.4 Å². The normalized spacial score (nSPS) is 13.8. The van der Waals surface area contributed by atoms with Gasteiger partial charge in [-0.15, -0.1) is 0 Å². The van der Waals surface area contributed by atoms with Gasteiger partial charge in [0.25, 0.3) is 0 Å². The van der Waals surface area contributed by atoms with E-state index in [2.05, 4.69) is 21.3 Å². The van der Waals surface area contributed by atoms with Crippen LogP contribution in [0.1, 0.15) is 32.3 Å². The number of aromatic hydroxyl groups is 1. The average molecular weight is 583 g/mol. The van der Waals surface area contributed by atoms with Crippen molar-refractivity contribution in [2.24, 2.45) is 17.4 Å². The van der Waals surface area contributed by atoms with Gasteiger partial charge in [-0.05, 0) is 42.0 Å². The van der Waals surface area contributed by atoms with Gasteiger partial charge in [-0.2, -0.15) is 11.8 Å².